The Bertz CT molecular complexity index is 628. The van der Waals surface area contributed by atoms with Crippen LogP contribution in [0.15, 0.2) is 12.1 Å². The molecule has 2 rings (SSSR count). The summed E-state index contributed by atoms with van der Waals surface area (Å²) >= 11 is 0. The number of benzene rings is 1. The molecule has 0 aliphatic rings. The minimum absolute atomic E-state index is 0.0490. The Hall–Kier alpha value is -2.24. The molecule has 0 aliphatic carbocycles. The molecule has 6 heteroatoms. The fourth-order valence-electron chi connectivity index (χ4n) is 2.75. The minimum Gasteiger partial charge on any atom is -0.345 e. The molecule has 0 saturated heterocycles. The van der Waals surface area contributed by atoms with E-state index in [1.807, 2.05) is 14.0 Å². The second kappa shape index (κ2) is 6.68. The molecule has 2 aromatic rings. The average molecular weight is 301 g/mol. The van der Waals surface area contributed by atoms with Crippen molar-refractivity contribution in [2.24, 2.45) is 0 Å². The summed E-state index contributed by atoms with van der Waals surface area (Å²) in [5, 5.41) is 13.9. The number of amides is 1. The van der Waals surface area contributed by atoms with Crippen LogP contribution in [0.1, 0.15) is 40.9 Å². The van der Waals surface area contributed by atoms with Crippen molar-refractivity contribution in [1.82, 2.24) is 25.5 Å². The van der Waals surface area contributed by atoms with Crippen molar-refractivity contribution in [2.45, 2.75) is 40.0 Å². The number of aryl methyl sites for hydroxylation is 3. The lowest BCUT2D eigenvalue weighted by atomic mass is 9.97. The van der Waals surface area contributed by atoms with Gasteiger partial charge in [-0.1, -0.05) is 29.8 Å². The molecule has 1 aromatic carbocycles. The molecule has 118 valence electrons. The lowest BCUT2D eigenvalue weighted by Gasteiger charge is -2.21. The second-order valence-corrected chi connectivity index (χ2v) is 6.00. The van der Waals surface area contributed by atoms with E-state index in [1.54, 1.807) is 4.90 Å². The number of hydrogen-bond donors (Lipinski definition) is 1. The molecule has 0 unspecified atom stereocenters. The molecule has 1 heterocycles. The summed E-state index contributed by atoms with van der Waals surface area (Å²) < 4.78 is 0. The van der Waals surface area contributed by atoms with Crippen LogP contribution in [0.2, 0.25) is 0 Å². The van der Waals surface area contributed by atoms with E-state index in [9.17, 15) is 4.79 Å². The van der Waals surface area contributed by atoms with Crippen molar-refractivity contribution in [3.63, 3.8) is 0 Å². The first kappa shape index (κ1) is 16.1. The summed E-state index contributed by atoms with van der Waals surface area (Å²) in [7, 11) is 1.82. The highest BCUT2D eigenvalue weighted by Gasteiger charge is 2.18. The molecule has 0 spiro atoms. The zero-order valence-corrected chi connectivity index (χ0v) is 13.8. The summed E-state index contributed by atoms with van der Waals surface area (Å²) in [4.78, 5) is 14.2. The molecule has 0 aliphatic heterocycles. The molecule has 22 heavy (non-hydrogen) atoms. The lowest BCUT2D eigenvalue weighted by molar-refractivity contribution is -0.129. The van der Waals surface area contributed by atoms with E-state index in [1.165, 1.54) is 16.7 Å². The molecule has 1 aromatic heterocycles. The number of carbonyl (C=O) groups is 1. The topological polar surface area (TPSA) is 74.8 Å². The van der Waals surface area contributed by atoms with Gasteiger partial charge in [-0.25, -0.2) is 0 Å². The number of likely N-dealkylation sites (N-methyl/N-ethyl adjacent to an activating group) is 1. The van der Waals surface area contributed by atoms with Gasteiger partial charge in [0.05, 0.1) is 6.42 Å². The van der Waals surface area contributed by atoms with Gasteiger partial charge in [0.25, 0.3) is 0 Å². The summed E-state index contributed by atoms with van der Waals surface area (Å²) in [6.45, 7) is 8.75. The Kier molecular flexibility index (Phi) is 4.90. The van der Waals surface area contributed by atoms with Crippen LogP contribution >= 0.6 is 0 Å². The van der Waals surface area contributed by atoms with Crippen LogP contribution in [0.25, 0.3) is 0 Å². The second-order valence-electron chi connectivity index (χ2n) is 6.00. The van der Waals surface area contributed by atoms with Crippen LogP contribution in [0.3, 0.4) is 0 Å². The van der Waals surface area contributed by atoms with E-state index in [-0.39, 0.29) is 11.8 Å². The molecule has 1 N–H and O–H groups in total. The molecule has 0 radical (unpaired) electrons. The van der Waals surface area contributed by atoms with Crippen molar-refractivity contribution in [2.75, 3.05) is 13.6 Å². The van der Waals surface area contributed by atoms with Crippen molar-refractivity contribution < 1.29 is 4.79 Å². The van der Waals surface area contributed by atoms with Crippen LogP contribution in [-0.4, -0.2) is 45.0 Å². The fourth-order valence-corrected chi connectivity index (χ4v) is 2.75. The third kappa shape index (κ3) is 3.69. The van der Waals surface area contributed by atoms with Crippen LogP contribution in [0, 0.1) is 20.8 Å². The van der Waals surface area contributed by atoms with Crippen molar-refractivity contribution in [3.05, 3.63) is 40.2 Å². The Morgan fingerprint density at radius 2 is 1.91 bits per heavy atom. The van der Waals surface area contributed by atoms with Crippen molar-refractivity contribution >= 4 is 5.91 Å². The van der Waals surface area contributed by atoms with E-state index in [0.717, 1.165) is 5.56 Å². The number of rotatable bonds is 5. The van der Waals surface area contributed by atoms with Crippen LogP contribution in [-0.2, 0) is 11.2 Å². The predicted molar refractivity (Wildman–Crippen MR) is 84.6 cm³/mol. The first-order chi connectivity index (χ1) is 10.4. The molecular formula is C16H23N5O. The molecule has 0 saturated carbocycles. The third-order valence-electron chi connectivity index (χ3n) is 3.94. The first-order valence-electron chi connectivity index (χ1n) is 7.42. The third-order valence-corrected chi connectivity index (χ3v) is 3.94. The van der Waals surface area contributed by atoms with E-state index in [4.69, 9.17) is 0 Å². The summed E-state index contributed by atoms with van der Waals surface area (Å²) in [6, 6.07) is 4.25. The van der Waals surface area contributed by atoms with Gasteiger partial charge >= 0.3 is 0 Å². The number of aromatic amines is 1. The van der Waals surface area contributed by atoms with E-state index in [0.29, 0.717) is 18.8 Å². The van der Waals surface area contributed by atoms with Gasteiger partial charge in [-0.3, -0.25) is 4.79 Å². The maximum atomic E-state index is 12.5. The summed E-state index contributed by atoms with van der Waals surface area (Å²) in [5.41, 5.74) is 4.69. The lowest BCUT2D eigenvalue weighted by Crippen LogP contribution is -2.32. The molecule has 0 fully saturated rings. The number of H-pyrrole nitrogens is 1. The number of hydrogen-bond acceptors (Lipinski definition) is 4. The van der Waals surface area contributed by atoms with Crippen molar-refractivity contribution in [3.8, 4) is 0 Å². The summed E-state index contributed by atoms with van der Waals surface area (Å²) in [5.74, 6) is 0.778. The Morgan fingerprint density at radius 1 is 1.27 bits per heavy atom. The van der Waals surface area contributed by atoms with Crippen LogP contribution in [0.5, 0.6) is 0 Å². The highest BCUT2D eigenvalue weighted by atomic mass is 16.2. The number of nitrogens with one attached hydrogen (secondary N) is 1. The number of carbonyl (C=O) groups excluding carboxylic acids is 1. The van der Waals surface area contributed by atoms with Gasteiger partial charge in [0.1, 0.15) is 0 Å². The number of nitrogens with zero attached hydrogens (tertiary/aromatic N) is 4. The Balaban J connectivity index is 2.03. The van der Waals surface area contributed by atoms with Gasteiger partial charge in [0.2, 0.25) is 5.91 Å². The van der Waals surface area contributed by atoms with Gasteiger partial charge in [0.15, 0.2) is 5.82 Å². The van der Waals surface area contributed by atoms with Crippen LogP contribution < -0.4 is 0 Å². The zero-order chi connectivity index (χ0) is 16.3. The maximum Gasteiger partial charge on any atom is 0.226 e. The van der Waals surface area contributed by atoms with Gasteiger partial charge in [-0.15, -0.1) is 10.2 Å². The van der Waals surface area contributed by atoms with E-state index >= 15 is 0 Å². The molecular weight excluding hydrogens is 278 g/mol. The molecule has 1 amide bonds. The predicted octanol–water partition coefficient (Wildman–Crippen LogP) is 1.93. The molecule has 6 nitrogen and oxygen atoms in total. The minimum atomic E-state index is 0.0490. The highest BCUT2D eigenvalue weighted by molar-refractivity contribution is 5.79. The monoisotopic (exact) mass is 301 g/mol. The number of aromatic nitrogens is 4. The van der Waals surface area contributed by atoms with E-state index in [2.05, 4.69) is 53.5 Å². The molecule has 1 atom stereocenters. The van der Waals surface area contributed by atoms with Gasteiger partial charge in [0, 0.05) is 19.5 Å². The highest BCUT2D eigenvalue weighted by Crippen LogP contribution is 2.18. The van der Waals surface area contributed by atoms with E-state index < -0.39 is 0 Å². The SMILES string of the molecule is Cc1cc(C)c(CC(=O)N(C)C[C@H](C)c2nn[nH]n2)c(C)c1. The Morgan fingerprint density at radius 3 is 2.45 bits per heavy atom. The standard InChI is InChI=1S/C16H23N5O/c1-10-6-11(2)14(12(3)7-10)8-15(22)21(5)9-13(4)16-17-19-20-18-16/h6-7,13H,8-9H2,1-5H3,(H,17,18,19,20)/t13-/m0/s1. The largest absolute Gasteiger partial charge is 0.345 e. The van der Waals surface area contributed by atoms with Gasteiger partial charge < -0.3 is 4.90 Å². The Labute approximate surface area is 130 Å². The smallest absolute Gasteiger partial charge is 0.226 e. The number of tetrazole rings is 1. The van der Waals surface area contributed by atoms with Gasteiger partial charge in [-0.2, -0.15) is 5.21 Å². The fraction of sp³-hybridized carbons (Fsp3) is 0.500. The first-order valence-corrected chi connectivity index (χ1v) is 7.42. The summed E-state index contributed by atoms with van der Waals surface area (Å²) in [6.07, 6.45) is 0.424. The van der Waals surface area contributed by atoms with Gasteiger partial charge in [-0.05, 0) is 37.5 Å². The zero-order valence-electron chi connectivity index (χ0n) is 13.8. The normalized spacial score (nSPS) is 12.2. The average Bonchev–Trinajstić information content (AvgIpc) is 2.96. The maximum absolute atomic E-state index is 12.5. The molecule has 0 bridgehead atoms. The van der Waals surface area contributed by atoms with Crippen LogP contribution in [0.4, 0.5) is 0 Å². The quantitative estimate of drug-likeness (QED) is 0.915. The van der Waals surface area contributed by atoms with Crippen molar-refractivity contribution in [1.29, 1.82) is 0 Å².